The highest BCUT2D eigenvalue weighted by Crippen LogP contribution is 2.57. The van der Waals surface area contributed by atoms with Gasteiger partial charge in [-0.2, -0.15) is 13.2 Å². The molecular formula is C25H17F4N3O5S. The number of methoxy groups -OCH3 is 1. The number of hydrogen-bond acceptors (Lipinski definition) is 6. The minimum Gasteiger partial charge on any atom is -0.495 e. The summed E-state index contributed by atoms with van der Waals surface area (Å²) in [5.41, 5.74) is -2.86. The summed E-state index contributed by atoms with van der Waals surface area (Å²) in [6.07, 6.45) is -3.64. The van der Waals surface area contributed by atoms with Crippen molar-refractivity contribution in [2.45, 2.75) is 23.9 Å². The fourth-order valence-electron chi connectivity index (χ4n) is 3.87. The van der Waals surface area contributed by atoms with Crippen LogP contribution in [-0.2, 0) is 10.0 Å². The lowest BCUT2D eigenvalue weighted by molar-refractivity contribution is -0.168. The van der Waals surface area contributed by atoms with Gasteiger partial charge in [-0.25, -0.2) is 12.8 Å². The third kappa shape index (κ3) is 4.47. The number of sulfonamides is 1. The van der Waals surface area contributed by atoms with E-state index in [0.29, 0.717) is 5.39 Å². The largest absolute Gasteiger partial charge is 0.495 e. The second-order valence-electron chi connectivity index (χ2n) is 8.55. The predicted octanol–water partition coefficient (Wildman–Crippen LogP) is 4.62. The van der Waals surface area contributed by atoms with Gasteiger partial charge in [0.1, 0.15) is 23.2 Å². The van der Waals surface area contributed by atoms with Gasteiger partial charge in [0.25, 0.3) is 15.6 Å². The predicted molar refractivity (Wildman–Crippen MR) is 128 cm³/mol. The van der Waals surface area contributed by atoms with Crippen molar-refractivity contribution in [2.24, 2.45) is 5.41 Å². The Morgan fingerprint density at radius 3 is 2.53 bits per heavy atom. The molecule has 2 aromatic carbocycles. The molecule has 38 heavy (non-hydrogen) atoms. The van der Waals surface area contributed by atoms with E-state index in [9.17, 15) is 26.4 Å². The first-order valence-electron chi connectivity index (χ1n) is 11.0. The maximum atomic E-state index is 15.0. The summed E-state index contributed by atoms with van der Waals surface area (Å²) in [5.74, 6) is 3.41. The van der Waals surface area contributed by atoms with E-state index in [4.69, 9.17) is 4.74 Å². The number of nitrogens with zero attached hydrogens (tertiary/aromatic N) is 2. The number of ether oxygens (including phenoxy) is 1. The number of alkyl halides is 3. The van der Waals surface area contributed by atoms with Gasteiger partial charge in [-0.1, -0.05) is 17.0 Å². The highest BCUT2D eigenvalue weighted by atomic mass is 32.2. The first kappa shape index (κ1) is 25.3. The lowest BCUT2D eigenvalue weighted by atomic mass is 10.1. The first-order valence-corrected chi connectivity index (χ1v) is 12.5. The third-order valence-corrected chi connectivity index (χ3v) is 7.44. The summed E-state index contributed by atoms with van der Waals surface area (Å²) in [4.78, 5) is 12.7. The van der Waals surface area contributed by atoms with Crippen LogP contribution in [0.3, 0.4) is 0 Å². The Balaban J connectivity index is 1.59. The number of rotatable bonds is 5. The van der Waals surface area contributed by atoms with Crippen LogP contribution in [0.1, 0.15) is 18.4 Å². The smallest absolute Gasteiger partial charge is 0.405 e. The Morgan fingerprint density at radius 2 is 1.89 bits per heavy atom. The number of nitrogens with one attached hydrogen (secondary N) is 1. The molecule has 4 aromatic rings. The molecule has 0 atom stereocenters. The highest BCUT2D eigenvalue weighted by molar-refractivity contribution is 7.92. The average Bonchev–Trinajstić information content (AvgIpc) is 3.51. The molecule has 2 heterocycles. The molecule has 0 unspecified atom stereocenters. The SMILES string of the molecule is COc1cc(C#CC2(C(F)(F)F)CC2)c(F)cc1-n1c(=O)ccc2cc(S(=O)(=O)Nc3ccon3)ccc21. The number of fused-ring (bicyclic) bond motifs is 1. The van der Waals surface area contributed by atoms with E-state index in [1.54, 1.807) is 0 Å². The lowest BCUT2D eigenvalue weighted by Gasteiger charge is -2.16. The van der Waals surface area contributed by atoms with Crippen molar-refractivity contribution in [1.29, 1.82) is 0 Å². The van der Waals surface area contributed by atoms with Crippen LogP contribution < -0.4 is 15.0 Å². The van der Waals surface area contributed by atoms with Crippen molar-refractivity contribution in [3.05, 3.63) is 76.5 Å². The van der Waals surface area contributed by atoms with Gasteiger partial charge in [0.15, 0.2) is 5.82 Å². The second kappa shape index (κ2) is 8.91. The van der Waals surface area contributed by atoms with Crippen molar-refractivity contribution in [3.63, 3.8) is 0 Å². The first-order chi connectivity index (χ1) is 17.9. The lowest BCUT2D eigenvalue weighted by Crippen LogP contribution is -2.22. The van der Waals surface area contributed by atoms with E-state index < -0.39 is 33.0 Å². The Kier molecular flexibility index (Phi) is 5.94. The van der Waals surface area contributed by atoms with Gasteiger partial charge in [0.2, 0.25) is 0 Å². The molecule has 1 saturated carbocycles. The molecule has 2 aromatic heterocycles. The number of anilines is 1. The molecule has 0 amide bonds. The van der Waals surface area contributed by atoms with Crippen LogP contribution in [0.15, 0.2) is 69.0 Å². The molecule has 0 saturated heterocycles. The molecule has 1 fully saturated rings. The fraction of sp³-hybridized carbons (Fsp3) is 0.200. The van der Waals surface area contributed by atoms with E-state index in [-0.39, 0.29) is 46.1 Å². The Labute approximate surface area is 212 Å². The van der Waals surface area contributed by atoms with Crippen LogP contribution in [0.2, 0.25) is 0 Å². The van der Waals surface area contributed by atoms with Crippen LogP contribution in [0.5, 0.6) is 5.75 Å². The van der Waals surface area contributed by atoms with Gasteiger partial charge in [-0.15, -0.1) is 0 Å². The maximum Gasteiger partial charge on any atom is 0.405 e. The van der Waals surface area contributed by atoms with E-state index in [2.05, 4.69) is 26.2 Å². The number of hydrogen-bond donors (Lipinski definition) is 1. The van der Waals surface area contributed by atoms with E-state index >= 15 is 4.39 Å². The van der Waals surface area contributed by atoms with E-state index in [1.165, 1.54) is 43.7 Å². The number of pyridine rings is 1. The zero-order chi connectivity index (χ0) is 27.3. The van der Waals surface area contributed by atoms with Crippen LogP contribution >= 0.6 is 0 Å². The summed E-state index contributed by atoms with van der Waals surface area (Å²) in [5, 5.41) is 3.82. The van der Waals surface area contributed by atoms with Crippen LogP contribution in [0.4, 0.5) is 23.4 Å². The zero-order valence-corrected chi connectivity index (χ0v) is 20.3. The van der Waals surface area contributed by atoms with E-state index in [1.807, 2.05) is 0 Å². The summed E-state index contributed by atoms with van der Waals surface area (Å²) >= 11 is 0. The third-order valence-electron chi connectivity index (χ3n) is 6.09. The number of halogens is 4. The van der Waals surface area contributed by atoms with Crippen LogP contribution in [0.25, 0.3) is 16.6 Å². The Bertz CT molecular complexity index is 1780. The van der Waals surface area contributed by atoms with Crippen LogP contribution in [-0.4, -0.2) is 31.4 Å². The van der Waals surface area contributed by atoms with Gasteiger partial charge in [0.05, 0.1) is 28.8 Å². The Hall–Kier alpha value is -4.31. The maximum absolute atomic E-state index is 15.0. The van der Waals surface area contributed by atoms with Crippen molar-refractivity contribution >= 4 is 26.7 Å². The van der Waals surface area contributed by atoms with Gasteiger partial charge in [-0.05, 0) is 37.1 Å². The molecule has 0 radical (unpaired) electrons. The minimum absolute atomic E-state index is 0.0217. The Morgan fingerprint density at radius 1 is 1.13 bits per heavy atom. The van der Waals surface area contributed by atoms with Gasteiger partial charge < -0.3 is 9.26 Å². The standard InChI is InChI=1S/C25H17F4N3O5S/c1-36-21-13-15(6-8-24(9-10-24)25(27,28)29)18(26)14-20(21)32-19-4-3-17(12-16(19)2-5-23(32)33)38(34,35)31-22-7-11-37-30-22/h2-5,7,11-14H,9-10H2,1H3,(H,30,31). The van der Waals surface area contributed by atoms with Crippen LogP contribution in [0, 0.1) is 23.1 Å². The quantitative estimate of drug-likeness (QED) is 0.289. The number of benzene rings is 2. The van der Waals surface area contributed by atoms with E-state index in [0.717, 1.165) is 22.8 Å². The molecule has 13 heteroatoms. The summed E-state index contributed by atoms with van der Waals surface area (Å²) in [6.45, 7) is 0. The molecular weight excluding hydrogens is 530 g/mol. The molecule has 5 rings (SSSR count). The fourth-order valence-corrected chi connectivity index (χ4v) is 4.90. The minimum atomic E-state index is -4.52. The van der Waals surface area contributed by atoms with Crippen molar-refractivity contribution < 1.29 is 35.2 Å². The van der Waals surface area contributed by atoms with Gasteiger partial charge in [-0.3, -0.25) is 14.1 Å². The molecule has 0 bridgehead atoms. The molecule has 1 aliphatic carbocycles. The van der Waals surface area contributed by atoms with Crippen molar-refractivity contribution in [3.8, 4) is 23.3 Å². The van der Waals surface area contributed by atoms with Gasteiger partial charge in [0, 0.05) is 29.7 Å². The summed E-state index contributed by atoms with van der Waals surface area (Å²) < 4.78 is 93.4. The van der Waals surface area contributed by atoms with Crippen molar-refractivity contribution in [2.75, 3.05) is 11.8 Å². The van der Waals surface area contributed by atoms with Crippen molar-refractivity contribution in [1.82, 2.24) is 9.72 Å². The molecule has 1 aliphatic rings. The topological polar surface area (TPSA) is 103 Å². The van der Waals surface area contributed by atoms with Gasteiger partial charge >= 0.3 is 6.18 Å². The zero-order valence-electron chi connectivity index (χ0n) is 19.5. The summed E-state index contributed by atoms with van der Waals surface area (Å²) in [7, 11) is -2.80. The molecule has 8 nitrogen and oxygen atoms in total. The molecule has 0 aliphatic heterocycles. The summed E-state index contributed by atoms with van der Waals surface area (Å²) in [6, 6.07) is 9.85. The molecule has 196 valence electrons. The molecule has 1 N–H and O–H groups in total. The highest BCUT2D eigenvalue weighted by Gasteiger charge is 2.62. The normalized spacial score (nSPS) is 14.6. The average molecular weight is 547 g/mol. The second-order valence-corrected chi connectivity index (χ2v) is 10.2. The molecule has 0 spiro atoms. The number of aromatic nitrogens is 2. The monoisotopic (exact) mass is 547 g/mol.